The molecule has 0 heterocycles. The van der Waals surface area contributed by atoms with E-state index in [4.69, 9.17) is 5.73 Å². The molecule has 0 aromatic heterocycles. The van der Waals surface area contributed by atoms with Gasteiger partial charge in [0.1, 0.15) is 6.04 Å². The summed E-state index contributed by atoms with van der Waals surface area (Å²) in [4.78, 5) is 26.0. The highest BCUT2D eigenvalue weighted by Crippen LogP contribution is 2.20. The van der Waals surface area contributed by atoms with E-state index < -0.39 is 6.04 Å². The van der Waals surface area contributed by atoms with E-state index in [9.17, 15) is 9.59 Å². The number of benzene rings is 1. The molecule has 5 nitrogen and oxygen atoms in total. The molecule has 0 aliphatic carbocycles. The molecule has 0 aliphatic heterocycles. The van der Waals surface area contributed by atoms with E-state index in [0.29, 0.717) is 28.1 Å². The zero-order valence-corrected chi connectivity index (χ0v) is 14.4. The van der Waals surface area contributed by atoms with Gasteiger partial charge in [0, 0.05) is 24.3 Å². The fraction of sp³-hybridized carbons (Fsp3) is 0.467. The largest absolute Gasteiger partial charge is 0.399 e. The van der Waals surface area contributed by atoms with E-state index >= 15 is 0 Å². The van der Waals surface area contributed by atoms with Crippen molar-refractivity contribution in [1.29, 1.82) is 0 Å². The normalized spacial score (nSPS) is 12.1. The average Bonchev–Trinajstić information content (AvgIpc) is 2.39. The molecule has 0 saturated heterocycles. The number of hydrogen-bond acceptors (Lipinski definition) is 3. The average molecular weight is 356 g/mol. The summed E-state index contributed by atoms with van der Waals surface area (Å²) in [7, 11) is 3.36. The Morgan fingerprint density at radius 2 is 1.95 bits per heavy atom. The van der Waals surface area contributed by atoms with Crippen molar-refractivity contribution in [3.63, 3.8) is 0 Å². The summed E-state index contributed by atoms with van der Waals surface area (Å²) in [6, 6.07) is 4.47. The number of likely N-dealkylation sites (N-methyl/N-ethyl adjacent to an activating group) is 1. The van der Waals surface area contributed by atoms with Gasteiger partial charge in [-0.05, 0) is 46.5 Å². The van der Waals surface area contributed by atoms with Gasteiger partial charge in [-0.3, -0.25) is 9.59 Å². The van der Waals surface area contributed by atoms with Gasteiger partial charge >= 0.3 is 0 Å². The van der Waals surface area contributed by atoms with Gasteiger partial charge in [0.15, 0.2) is 0 Å². The van der Waals surface area contributed by atoms with Crippen molar-refractivity contribution >= 4 is 33.4 Å². The second kappa shape index (κ2) is 7.45. The number of nitrogen functional groups attached to an aromatic ring is 1. The monoisotopic (exact) mass is 355 g/mol. The predicted molar refractivity (Wildman–Crippen MR) is 88.0 cm³/mol. The number of nitrogens with zero attached hydrogens (tertiary/aromatic N) is 1. The van der Waals surface area contributed by atoms with Crippen LogP contribution in [0, 0.1) is 5.92 Å². The number of hydrogen-bond donors (Lipinski definition) is 2. The Morgan fingerprint density at radius 1 is 1.33 bits per heavy atom. The van der Waals surface area contributed by atoms with Crippen LogP contribution in [-0.2, 0) is 4.79 Å². The van der Waals surface area contributed by atoms with Gasteiger partial charge in [-0.25, -0.2) is 0 Å². The fourth-order valence-corrected chi connectivity index (χ4v) is 2.38. The zero-order chi connectivity index (χ0) is 16.2. The molecule has 0 bridgehead atoms. The molecule has 1 rings (SSSR count). The smallest absolute Gasteiger partial charge is 0.253 e. The Kier molecular flexibility index (Phi) is 6.20. The lowest BCUT2D eigenvalue weighted by molar-refractivity contribution is -0.131. The van der Waals surface area contributed by atoms with E-state index in [1.807, 2.05) is 13.8 Å². The molecule has 21 heavy (non-hydrogen) atoms. The Balaban J connectivity index is 2.94. The minimum atomic E-state index is -0.541. The summed E-state index contributed by atoms with van der Waals surface area (Å²) in [6.45, 7) is 4.02. The molecule has 3 N–H and O–H groups in total. The summed E-state index contributed by atoms with van der Waals surface area (Å²) in [6.07, 6.45) is 0.586. The standard InChI is InChI=1S/C15H22BrN3O2/c1-9(2)7-13(15(21)19(3)4)18-14(20)11-8-10(17)5-6-12(11)16/h5-6,8-9,13H,7,17H2,1-4H3,(H,18,20). The van der Waals surface area contributed by atoms with Gasteiger partial charge in [0.2, 0.25) is 5.91 Å². The van der Waals surface area contributed by atoms with Gasteiger partial charge in [-0.1, -0.05) is 13.8 Å². The van der Waals surface area contributed by atoms with Crippen molar-refractivity contribution in [3.05, 3.63) is 28.2 Å². The first-order valence-electron chi connectivity index (χ1n) is 6.79. The van der Waals surface area contributed by atoms with Crippen LogP contribution in [0.1, 0.15) is 30.6 Å². The van der Waals surface area contributed by atoms with Crippen LogP contribution in [0.3, 0.4) is 0 Å². The second-order valence-corrected chi connectivity index (χ2v) is 6.48. The van der Waals surface area contributed by atoms with Crippen LogP contribution in [0.15, 0.2) is 22.7 Å². The van der Waals surface area contributed by atoms with E-state index in [-0.39, 0.29) is 11.8 Å². The van der Waals surface area contributed by atoms with Crippen molar-refractivity contribution in [2.75, 3.05) is 19.8 Å². The Morgan fingerprint density at radius 3 is 2.48 bits per heavy atom. The molecule has 116 valence electrons. The minimum absolute atomic E-state index is 0.114. The van der Waals surface area contributed by atoms with Crippen molar-refractivity contribution in [3.8, 4) is 0 Å². The summed E-state index contributed by atoms with van der Waals surface area (Å²) < 4.78 is 0.648. The lowest BCUT2D eigenvalue weighted by Crippen LogP contribution is -2.47. The Hall–Kier alpha value is -1.56. The highest BCUT2D eigenvalue weighted by Gasteiger charge is 2.24. The number of anilines is 1. The van der Waals surface area contributed by atoms with Gasteiger partial charge in [0.05, 0.1) is 5.56 Å². The molecule has 1 atom stereocenters. The molecule has 6 heteroatoms. The number of halogens is 1. The lowest BCUT2D eigenvalue weighted by atomic mass is 10.0. The highest BCUT2D eigenvalue weighted by molar-refractivity contribution is 9.10. The SMILES string of the molecule is CC(C)CC(NC(=O)c1cc(N)ccc1Br)C(=O)N(C)C. The van der Waals surface area contributed by atoms with Crippen molar-refractivity contribution < 1.29 is 9.59 Å². The van der Waals surface area contributed by atoms with E-state index in [2.05, 4.69) is 21.2 Å². The van der Waals surface area contributed by atoms with Crippen molar-refractivity contribution in [2.45, 2.75) is 26.3 Å². The Labute approximate surface area is 134 Å². The molecule has 2 amide bonds. The van der Waals surface area contributed by atoms with Crippen LogP contribution in [0.2, 0.25) is 0 Å². The van der Waals surface area contributed by atoms with Gasteiger partial charge < -0.3 is 16.0 Å². The first kappa shape index (κ1) is 17.5. The summed E-state index contributed by atoms with van der Waals surface area (Å²) in [5, 5.41) is 2.80. The molecule has 1 unspecified atom stereocenters. The lowest BCUT2D eigenvalue weighted by Gasteiger charge is -2.23. The quantitative estimate of drug-likeness (QED) is 0.795. The number of nitrogens with two attached hydrogens (primary N) is 1. The fourth-order valence-electron chi connectivity index (χ4n) is 1.96. The third-order valence-electron chi connectivity index (χ3n) is 2.99. The summed E-state index contributed by atoms with van der Waals surface area (Å²) >= 11 is 3.33. The molecule has 1 aromatic rings. The molecule has 1 aromatic carbocycles. The molecule has 0 radical (unpaired) electrons. The second-order valence-electron chi connectivity index (χ2n) is 5.63. The maximum Gasteiger partial charge on any atom is 0.253 e. The maximum atomic E-state index is 12.4. The molecular formula is C15H22BrN3O2. The Bertz CT molecular complexity index is 530. The van der Waals surface area contributed by atoms with Crippen molar-refractivity contribution in [1.82, 2.24) is 10.2 Å². The van der Waals surface area contributed by atoms with Crippen LogP contribution < -0.4 is 11.1 Å². The number of nitrogens with one attached hydrogen (secondary N) is 1. The van der Waals surface area contributed by atoms with E-state index in [0.717, 1.165) is 0 Å². The van der Waals surface area contributed by atoms with E-state index in [1.54, 1.807) is 32.3 Å². The predicted octanol–water partition coefficient (Wildman–Crippen LogP) is 2.26. The van der Waals surface area contributed by atoms with Crippen molar-refractivity contribution in [2.24, 2.45) is 5.92 Å². The molecule has 0 fully saturated rings. The molecule has 0 saturated carbocycles. The number of rotatable bonds is 5. The van der Waals surface area contributed by atoms with Crippen LogP contribution >= 0.6 is 15.9 Å². The third kappa shape index (κ3) is 5.04. The van der Waals surface area contributed by atoms with Crippen LogP contribution in [0.5, 0.6) is 0 Å². The van der Waals surface area contributed by atoms with Gasteiger partial charge in [0.25, 0.3) is 5.91 Å². The van der Waals surface area contributed by atoms with E-state index in [1.165, 1.54) is 4.90 Å². The zero-order valence-electron chi connectivity index (χ0n) is 12.8. The number of carbonyl (C=O) groups is 2. The molecule has 0 spiro atoms. The minimum Gasteiger partial charge on any atom is -0.399 e. The number of amides is 2. The summed E-state index contributed by atoms with van der Waals surface area (Å²) in [5.74, 6) is -0.129. The van der Waals surface area contributed by atoms with Gasteiger partial charge in [-0.15, -0.1) is 0 Å². The van der Waals surface area contributed by atoms with Crippen LogP contribution in [-0.4, -0.2) is 36.9 Å². The van der Waals surface area contributed by atoms with Crippen LogP contribution in [0.4, 0.5) is 5.69 Å². The topological polar surface area (TPSA) is 75.4 Å². The highest BCUT2D eigenvalue weighted by atomic mass is 79.9. The van der Waals surface area contributed by atoms with Crippen LogP contribution in [0.25, 0.3) is 0 Å². The summed E-state index contributed by atoms with van der Waals surface area (Å²) in [5.41, 5.74) is 6.64. The van der Waals surface area contributed by atoms with Gasteiger partial charge in [-0.2, -0.15) is 0 Å². The first-order chi connectivity index (χ1) is 9.72. The maximum absolute atomic E-state index is 12.4. The molecular weight excluding hydrogens is 334 g/mol. The third-order valence-corrected chi connectivity index (χ3v) is 3.68. The molecule has 0 aliphatic rings. The first-order valence-corrected chi connectivity index (χ1v) is 7.58. The number of carbonyl (C=O) groups excluding carboxylic acids is 2.